The number of aromatic nitrogens is 2. The van der Waals surface area contributed by atoms with Crippen LogP contribution in [-0.2, 0) is 0 Å². The van der Waals surface area contributed by atoms with E-state index in [1.807, 2.05) is 0 Å². The van der Waals surface area contributed by atoms with Crippen LogP contribution >= 0.6 is 15.9 Å². The van der Waals surface area contributed by atoms with Gasteiger partial charge in [0, 0.05) is 18.6 Å². The van der Waals surface area contributed by atoms with Gasteiger partial charge in [-0.3, -0.25) is 0 Å². The maximum atomic E-state index is 5.86. The van der Waals surface area contributed by atoms with Gasteiger partial charge in [0.25, 0.3) is 0 Å². The van der Waals surface area contributed by atoms with E-state index in [0.717, 1.165) is 17.3 Å². The van der Waals surface area contributed by atoms with Crippen LogP contribution in [0.1, 0.15) is 26.2 Å². The van der Waals surface area contributed by atoms with E-state index in [1.165, 1.54) is 6.42 Å². The molecule has 100 valence electrons. The van der Waals surface area contributed by atoms with E-state index in [1.54, 1.807) is 13.3 Å². The van der Waals surface area contributed by atoms with Gasteiger partial charge >= 0.3 is 0 Å². The van der Waals surface area contributed by atoms with Gasteiger partial charge in [0.2, 0.25) is 11.8 Å². The molecule has 18 heavy (non-hydrogen) atoms. The Morgan fingerprint density at radius 1 is 1.56 bits per heavy atom. The van der Waals surface area contributed by atoms with Crippen LogP contribution in [0.15, 0.2) is 10.7 Å². The molecule has 0 spiro atoms. The molecule has 2 atom stereocenters. The fraction of sp³-hybridized carbons (Fsp3) is 0.667. The molecular formula is C12H19BrN4O. The van der Waals surface area contributed by atoms with Gasteiger partial charge in [-0.2, -0.15) is 4.98 Å². The largest absolute Gasteiger partial charge is 0.480 e. The van der Waals surface area contributed by atoms with Crippen LogP contribution in [0.3, 0.4) is 0 Å². The molecule has 0 radical (unpaired) electrons. The number of rotatable bonds is 3. The molecule has 1 fully saturated rings. The first-order valence-electron chi connectivity index (χ1n) is 6.22. The Morgan fingerprint density at radius 2 is 2.33 bits per heavy atom. The Bertz CT molecular complexity index is 415. The number of nitrogens with two attached hydrogens (primary N) is 1. The number of halogens is 1. The zero-order chi connectivity index (χ0) is 13.1. The lowest BCUT2D eigenvalue weighted by molar-refractivity contribution is 0.378. The van der Waals surface area contributed by atoms with Crippen molar-refractivity contribution in [3.05, 3.63) is 10.7 Å². The molecular weight excluding hydrogens is 296 g/mol. The minimum atomic E-state index is 0.319. The maximum Gasteiger partial charge on any atom is 0.232 e. The molecule has 0 bridgehead atoms. The summed E-state index contributed by atoms with van der Waals surface area (Å²) < 4.78 is 5.99. The molecule has 1 saturated heterocycles. The monoisotopic (exact) mass is 314 g/mol. The summed E-state index contributed by atoms with van der Waals surface area (Å²) in [6, 6.07) is 0.734. The van der Waals surface area contributed by atoms with Gasteiger partial charge in [0.05, 0.1) is 17.8 Å². The van der Waals surface area contributed by atoms with E-state index in [2.05, 4.69) is 37.7 Å². The zero-order valence-electron chi connectivity index (χ0n) is 10.8. The van der Waals surface area contributed by atoms with Crippen LogP contribution in [0.4, 0.5) is 5.95 Å². The first-order chi connectivity index (χ1) is 8.67. The van der Waals surface area contributed by atoms with Crippen LogP contribution in [0.2, 0.25) is 0 Å². The molecule has 0 aromatic carbocycles. The molecule has 0 aliphatic carbocycles. The van der Waals surface area contributed by atoms with E-state index < -0.39 is 0 Å². The second-order valence-corrected chi connectivity index (χ2v) is 5.46. The van der Waals surface area contributed by atoms with Gasteiger partial charge < -0.3 is 15.4 Å². The van der Waals surface area contributed by atoms with Gasteiger partial charge in [-0.1, -0.05) is 0 Å². The van der Waals surface area contributed by atoms with Crippen molar-refractivity contribution in [2.45, 2.75) is 38.3 Å². The molecule has 0 saturated carbocycles. The molecule has 1 aliphatic rings. The average molecular weight is 315 g/mol. The first kappa shape index (κ1) is 13.5. The van der Waals surface area contributed by atoms with E-state index in [9.17, 15) is 0 Å². The smallest absolute Gasteiger partial charge is 0.232 e. The quantitative estimate of drug-likeness (QED) is 0.924. The minimum Gasteiger partial charge on any atom is -0.480 e. The molecule has 0 amide bonds. The van der Waals surface area contributed by atoms with Crippen molar-refractivity contribution in [1.82, 2.24) is 9.97 Å². The third-order valence-electron chi connectivity index (χ3n) is 3.42. The number of nitrogens with zero attached hydrogens (tertiary/aromatic N) is 3. The number of methoxy groups -OCH3 is 1. The topological polar surface area (TPSA) is 64.3 Å². The highest BCUT2D eigenvalue weighted by molar-refractivity contribution is 9.10. The Hall–Kier alpha value is -0.880. The van der Waals surface area contributed by atoms with Crippen molar-refractivity contribution >= 4 is 21.9 Å². The number of hydrogen-bond acceptors (Lipinski definition) is 5. The molecule has 2 N–H and O–H groups in total. The van der Waals surface area contributed by atoms with E-state index in [-0.39, 0.29) is 0 Å². The van der Waals surface area contributed by atoms with Crippen molar-refractivity contribution in [2.75, 3.05) is 18.6 Å². The molecule has 1 aromatic rings. The number of hydrogen-bond donors (Lipinski definition) is 1. The third kappa shape index (κ3) is 2.59. The normalized spacial score (nSPS) is 24.1. The second-order valence-electron chi connectivity index (χ2n) is 4.60. The van der Waals surface area contributed by atoms with E-state index >= 15 is 0 Å². The zero-order valence-corrected chi connectivity index (χ0v) is 12.4. The molecule has 6 heteroatoms. The molecule has 2 unspecified atom stereocenters. The molecule has 2 rings (SSSR count). The fourth-order valence-electron chi connectivity index (χ4n) is 2.49. The molecule has 2 heterocycles. The summed E-state index contributed by atoms with van der Waals surface area (Å²) in [5.74, 6) is 1.27. The predicted molar refractivity (Wildman–Crippen MR) is 74.9 cm³/mol. The molecule has 1 aromatic heterocycles. The van der Waals surface area contributed by atoms with Crippen molar-refractivity contribution < 1.29 is 4.74 Å². The Morgan fingerprint density at radius 3 is 3.00 bits per heavy atom. The third-order valence-corrected chi connectivity index (χ3v) is 3.97. The summed E-state index contributed by atoms with van der Waals surface area (Å²) in [4.78, 5) is 11.1. The van der Waals surface area contributed by atoms with Crippen LogP contribution in [0.25, 0.3) is 0 Å². The number of piperidine rings is 1. The highest BCUT2D eigenvalue weighted by atomic mass is 79.9. The van der Waals surface area contributed by atoms with Crippen molar-refractivity contribution in [3.8, 4) is 5.88 Å². The second kappa shape index (κ2) is 5.84. The van der Waals surface area contributed by atoms with E-state index in [4.69, 9.17) is 10.5 Å². The van der Waals surface area contributed by atoms with Gasteiger partial charge in [-0.25, -0.2) is 4.98 Å². The molecule has 5 nitrogen and oxygen atoms in total. The van der Waals surface area contributed by atoms with Crippen molar-refractivity contribution in [3.63, 3.8) is 0 Å². The molecule has 1 aliphatic heterocycles. The SMILES string of the molecule is COc1nc(N2C(C)CCCC2CN)ncc1Br. The Balaban J connectivity index is 2.32. The lowest BCUT2D eigenvalue weighted by atomic mass is 9.97. The summed E-state index contributed by atoms with van der Waals surface area (Å²) >= 11 is 3.37. The Labute approximate surface area is 116 Å². The van der Waals surface area contributed by atoms with Crippen molar-refractivity contribution in [1.29, 1.82) is 0 Å². The fourth-order valence-corrected chi connectivity index (χ4v) is 2.84. The first-order valence-corrected chi connectivity index (χ1v) is 7.01. The number of ether oxygens (including phenoxy) is 1. The standard InChI is InChI=1S/C12H19BrN4O/c1-8-4-3-5-9(6-14)17(8)12-15-7-10(13)11(16-12)18-2/h7-9H,3-6,14H2,1-2H3. The van der Waals surface area contributed by atoms with Crippen LogP contribution in [0, 0.1) is 0 Å². The number of anilines is 1. The summed E-state index contributed by atoms with van der Waals surface area (Å²) in [6.07, 6.45) is 5.20. The summed E-state index contributed by atoms with van der Waals surface area (Å²) in [5.41, 5.74) is 5.86. The lowest BCUT2D eigenvalue weighted by Crippen LogP contribution is -2.49. The van der Waals surface area contributed by atoms with Gasteiger partial charge in [-0.15, -0.1) is 0 Å². The predicted octanol–water partition coefficient (Wildman–Crippen LogP) is 1.95. The summed E-state index contributed by atoms with van der Waals surface area (Å²) in [5, 5.41) is 0. The summed E-state index contributed by atoms with van der Waals surface area (Å²) in [6.45, 7) is 2.83. The van der Waals surface area contributed by atoms with E-state index in [0.29, 0.717) is 30.5 Å². The van der Waals surface area contributed by atoms with Crippen LogP contribution in [0.5, 0.6) is 5.88 Å². The minimum absolute atomic E-state index is 0.319. The van der Waals surface area contributed by atoms with Crippen LogP contribution < -0.4 is 15.4 Å². The highest BCUT2D eigenvalue weighted by Crippen LogP contribution is 2.29. The van der Waals surface area contributed by atoms with Crippen LogP contribution in [-0.4, -0.2) is 35.7 Å². The van der Waals surface area contributed by atoms with Gasteiger partial charge in [0.1, 0.15) is 0 Å². The highest BCUT2D eigenvalue weighted by Gasteiger charge is 2.29. The van der Waals surface area contributed by atoms with Crippen molar-refractivity contribution in [2.24, 2.45) is 5.73 Å². The van der Waals surface area contributed by atoms with Gasteiger partial charge in [0.15, 0.2) is 0 Å². The average Bonchev–Trinajstić information content (AvgIpc) is 2.39. The lowest BCUT2D eigenvalue weighted by Gasteiger charge is -2.40. The summed E-state index contributed by atoms with van der Waals surface area (Å²) in [7, 11) is 1.61. The Kier molecular flexibility index (Phi) is 4.40. The van der Waals surface area contributed by atoms with Gasteiger partial charge in [-0.05, 0) is 42.1 Å². The maximum absolute atomic E-state index is 5.86.